The van der Waals surface area contributed by atoms with Gasteiger partial charge in [0.1, 0.15) is 0 Å². The van der Waals surface area contributed by atoms with Crippen molar-refractivity contribution in [2.75, 3.05) is 17.2 Å². The number of nitrogens with zero attached hydrogens (tertiary/aromatic N) is 3. The zero-order valence-corrected chi connectivity index (χ0v) is 17.6. The van der Waals surface area contributed by atoms with Gasteiger partial charge in [0.2, 0.25) is 5.91 Å². The number of benzene rings is 2. The first-order valence-corrected chi connectivity index (χ1v) is 11.4. The first-order chi connectivity index (χ1) is 14.2. The summed E-state index contributed by atoms with van der Waals surface area (Å²) in [7, 11) is 0. The molecule has 4 aromatic rings. The number of hydrogen-bond acceptors (Lipinski definition) is 5. The second-order valence-electron chi connectivity index (χ2n) is 7.01. The summed E-state index contributed by atoms with van der Waals surface area (Å²) in [6.07, 6.45) is 2.70. The lowest BCUT2D eigenvalue weighted by molar-refractivity contribution is -0.116. The Morgan fingerprint density at radius 1 is 1.21 bits per heavy atom. The van der Waals surface area contributed by atoms with E-state index >= 15 is 0 Å². The number of fused-ring (bicyclic) bond motifs is 2. The van der Waals surface area contributed by atoms with Crippen molar-refractivity contribution in [2.45, 2.75) is 18.2 Å². The molecule has 5 rings (SSSR count). The highest BCUT2D eigenvalue weighted by atomic mass is 32.2. The van der Waals surface area contributed by atoms with Crippen LogP contribution in [-0.4, -0.2) is 28.2 Å². The third-order valence-electron chi connectivity index (χ3n) is 5.15. The van der Waals surface area contributed by atoms with Crippen molar-refractivity contribution in [2.24, 2.45) is 0 Å². The molecule has 6 heteroatoms. The minimum Gasteiger partial charge on any atom is -0.311 e. The lowest BCUT2D eigenvalue weighted by Gasteiger charge is -2.17. The van der Waals surface area contributed by atoms with Crippen LogP contribution in [0.4, 0.5) is 5.69 Å². The molecule has 0 radical (unpaired) electrons. The zero-order valence-electron chi connectivity index (χ0n) is 16.0. The SMILES string of the molecule is Cc1nc(-c2ccc3c(c2)CCN3C(=O)CSc2ccnc3ccccc23)cs1. The van der Waals surface area contributed by atoms with E-state index in [-0.39, 0.29) is 5.91 Å². The molecule has 1 aliphatic rings. The van der Waals surface area contributed by atoms with E-state index in [0.29, 0.717) is 5.75 Å². The summed E-state index contributed by atoms with van der Waals surface area (Å²) in [4.78, 5) is 24.9. The fourth-order valence-electron chi connectivity index (χ4n) is 3.73. The average Bonchev–Trinajstić information content (AvgIpc) is 3.37. The molecule has 2 aromatic carbocycles. The van der Waals surface area contributed by atoms with E-state index in [2.05, 4.69) is 39.6 Å². The van der Waals surface area contributed by atoms with Crippen LogP contribution < -0.4 is 4.90 Å². The van der Waals surface area contributed by atoms with Crippen molar-refractivity contribution in [3.8, 4) is 11.3 Å². The number of para-hydroxylation sites is 1. The van der Waals surface area contributed by atoms with Crippen LogP contribution in [0.1, 0.15) is 10.6 Å². The lowest BCUT2D eigenvalue weighted by Crippen LogP contribution is -2.30. The van der Waals surface area contributed by atoms with Gasteiger partial charge in [-0.05, 0) is 43.2 Å². The zero-order chi connectivity index (χ0) is 19.8. The molecule has 0 saturated carbocycles. The minimum absolute atomic E-state index is 0.145. The van der Waals surface area contributed by atoms with Crippen LogP contribution in [0.3, 0.4) is 0 Å². The number of thiazole rings is 1. The van der Waals surface area contributed by atoms with Crippen LogP contribution >= 0.6 is 23.1 Å². The van der Waals surface area contributed by atoms with Gasteiger partial charge in [0.05, 0.1) is 22.0 Å². The predicted molar refractivity (Wildman–Crippen MR) is 121 cm³/mol. The van der Waals surface area contributed by atoms with E-state index < -0.39 is 0 Å². The first-order valence-electron chi connectivity index (χ1n) is 9.51. The Bertz CT molecular complexity index is 1210. The van der Waals surface area contributed by atoms with E-state index in [1.807, 2.05) is 42.3 Å². The quantitative estimate of drug-likeness (QED) is 0.420. The van der Waals surface area contributed by atoms with Gasteiger partial charge in [0.25, 0.3) is 0 Å². The largest absolute Gasteiger partial charge is 0.311 e. The van der Waals surface area contributed by atoms with Crippen molar-refractivity contribution >= 4 is 45.6 Å². The van der Waals surface area contributed by atoms with Gasteiger partial charge in [-0.2, -0.15) is 0 Å². The summed E-state index contributed by atoms with van der Waals surface area (Å²) >= 11 is 3.24. The van der Waals surface area contributed by atoms with Gasteiger partial charge in [-0.3, -0.25) is 9.78 Å². The molecule has 0 atom stereocenters. The second kappa shape index (κ2) is 7.61. The first kappa shape index (κ1) is 18.3. The Morgan fingerprint density at radius 2 is 2.10 bits per heavy atom. The number of rotatable bonds is 4. The highest BCUT2D eigenvalue weighted by Crippen LogP contribution is 2.34. The van der Waals surface area contributed by atoms with Crippen LogP contribution in [0.25, 0.3) is 22.2 Å². The molecule has 0 saturated heterocycles. The van der Waals surface area contributed by atoms with Gasteiger partial charge in [-0.15, -0.1) is 23.1 Å². The van der Waals surface area contributed by atoms with E-state index in [0.717, 1.165) is 50.7 Å². The monoisotopic (exact) mass is 417 g/mol. The lowest BCUT2D eigenvalue weighted by atomic mass is 10.1. The molecule has 29 heavy (non-hydrogen) atoms. The highest BCUT2D eigenvalue weighted by Gasteiger charge is 2.25. The molecular weight excluding hydrogens is 398 g/mol. The molecule has 4 nitrogen and oxygen atoms in total. The number of anilines is 1. The van der Waals surface area contributed by atoms with Gasteiger partial charge < -0.3 is 4.90 Å². The molecule has 2 aromatic heterocycles. The average molecular weight is 418 g/mol. The number of thioether (sulfide) groups is 1. The fourth-order valence-corrected chi connectivity index (χ4v) is 5.27. The Morgan fingerprint density at radius 3 is 2.97 bits per heavy atom. The Balaban J connectivity index is 1.33. The molecule has 0 aliphatic carbocycles. The summed E-state index contributed by atoms with van der Waals surface area (Å²) in [6, 6.07) is 16.4. The topological polar surface area (TPSA) is 46.1 Å². The van der Waals surface area contributed by atoms with Crippen LogP contribution in [0, 0.1) is 6.92 Å². The van der Waals surface area contributed by atoms with E-state index in [1.165, 1.54) is 5.56 Å². The number of carbonyl (C=O) groups is 1. The molecule has 0 bridgehead atoms. The van der Waals surface area contributed by atoms with Crippen molar-refractivity contribution in [3.63, 3.8) is 0 Å². The summed E-state index contributed by atoms with van der Waals surface area (Å²) in [5, 5.41) is 4.25. The summed E-state index contributed by atoms with van der Waals surface area (Å²) in [5.41, 5.74) is 5.35. The number of aromatic nitrogens is 2. The smallest absolute Gasteiger partial charge is 0.237 e. The van der Waals surface area contributed by atoms with Crippen LogP contribution in [0.2, 0.25) is 0 Å². The third kappa shape index (κ3) is 3.54. The van der Waals surface area contributed by atoms with Crippen molar-refractivity contribution < 1.29 is 4.79 Å². The maximum atomic E-state index is 13.0. The predicted octanol–water partition coefficient (Wildman–Crippen LogP) is 5.35. The molecule has 3 heterocycles. The Hall–Kier alpha value is -2.70. The van der Waals surface area contributed by atoms with Gasteiger partial charge in [0.15, 0.2) is 0 Å². The molecule has 0 spiro atoms. The van der Waals surface area contributed by atoms with Crippen molar-refractivity contribution in [1.82, 2.24) is 9.97 Å². The molecule has 1 amide bonds. The Kier molecular flexibility index (Phi) is 4.81. The minimum atomic E-state index is 0.145. The molecular formula is C23H19N3OS2. The highest BCUT2D eigenvalue weighted by molar-refractivity contribution is 8.00. The molecule has 0 fully saturated rings. The van der Waals surface area contributed by atoms with E-state index in [4.69, 9.17) is 0 Å². The maximum absolute atomic E-state index is 13.0. The summed E-state index contributed by atoms with van der Waals surface area (Å²) in [6.45, 7) is 2.76. The van der Waals surface area contributed by atoms with Gasteiger partial charge in [-0.25, -0.2) is 4.98 Å². The van der Waals surface area contributed by atoms with Crippen molar-refractivity contribution in [3.05, 3.63) is 70.7 Å². The van der Waals surface area contributed by atoms with Crippen LogP contribution in [0.5, 0.6) is 0 Å². The normalized spacial score (nSPS) is 13.1. The van der Waals surface area contributed by atoms with Crippen LogP contribution in [0.15, 0.2) is 65.0 Å². The number of carbonyl (C=O) groups excluding carboxylic acids is 1. The molecule has 1 aliphatic heterocycles. The summed E-state index contributed by atoms with van der Waals surface area (Å²) in [5.74, 6) is 0.562. The second-order valence-corrected chi connectivity index (χ2v) is 9.08. The number of hydrogen-bond donors (Lipinski definition) is 0. The molecule has 144 valence electrons. The van der Waals surface area contributed by atoms with E-state index in [1.54, 1.807) is 23.1 Å². The molecule has 0 N–H and O–H groups in total. The third-order valence-corrected chi connectivity index (χ3v) is 6.98. The summed E-state index contributed by atoms with van der Waals surface area (Å²) < 4.78 is 0. The fraction of sp³-hybridized carbons (Fsp3) is 0.174. The number of pyridine rings is 1. The number of aryl methyl sites for hydroxylation is 1. The van der Waals surface area contributed by atoms with Gasteiger partial charge >= 0.3 is 0 Å². The Labute approximate surface area is 177 Å². The van der Waals surface area contributed by atoms with Crippen molar-refractivity contribution in [1.29, 1.82) is 0 Å². The standard InChI is InChI=1S/C23H19N3OS2/c1-15-25-20(13-28-15)16-6-7-21-17(12-16)9-11-26(21)23(27)14-29-22-8-10-24-19-5-3-2-4-18(19)22/h2-8,10,12-13H,9,11,14H2,1H3. The molecule has 0 unspecified atom stereocenters. The van der Waals surface area contributed by atoms with E-state index in [9.17, 15) is 4.79 Å². The maximum Gasteiger partial charge on any atom is 0.237 e. The van der Waals surface area contributed by atoms with Gasteiger partial charge in [-0.1, -0.05) is 24.3 Å². The van der Waals surface area contributed by atoms with Crippen LogP contribution in [-0.2, 0) is 11.2 Å². The van der Waals surface area contributed by atoms with Gasteiger partial charge in [0, 0.05) is 39.7 Å². The number of amides is 1.